The second-order valence-electron chi connectivity index (χ2n) is 6.41. The number of thiophene rings is 1. The summed E-state index contributed by atoms with van der Waals surface area (Å²) in [4.78, 5) is 25.7. The molecule has 0 unspecified atom stereocenters. The van der Waals surface area contributed by atoms with Gasteiger partial charge < -0.3 is 15.4 Å². The Hall–Kier alpha value is -2.34. The van der Waals surface area contributed by atoms with Crippen molar-refractivity contribution in [1.29, 1.82) is 0 Å². The number of para-hydroxylation sites is 1. The minimum Gasteiger partial charge on any atom is -0.493 e. The van der Waals surface area contributed by atoms with E-state index in [-0.39, 0.29) is 23.8 Å². The summed E-state index contributed by atoms with van der Waals surface area (Å²) < 4.78 is 5.64. The van der Waals surface area contributed by atoms with Crippen LogP contribution in [0.4, 0.5) is 0 Å². The van der Waals surface area contributed by atoms with Crippen LogP contribution in [0.1, 0.15) is 41.5 Å². The summed E-state index contributed by atoms with van der Waals surface area (Å²) in [6.07, 6.45) is 0.715. The van der Waals surface area contributed by atoms with E-state index in [0.717, 1.165) is 11.3 Å². The zero-order valence-corrected chi connectivity index (χ0v) is 15.1. The molecule has 6 heteroatoms. The summed E-state index contributed by atoms with van der Waals surface area (Å²) in [6, 6.07) is 10.6. The van der Waals surface area contributed by atoms with E-state index in [1.165, 1.54) is 11.3 Å². The highest BCUT2D eigenvalue weighted by molar-refractivity contribution is 7.12. The van der Waals surface area contributed by atoms with Crippen LogP contribution in [-0.4, -0.2) is 24.5 Å². The second-order valence-corrected chi connectivity index (χ2v) is 7.36. The summed E-state index contributed by atoms with van der Waals surface area (Å²) in [7, 11) is 0. The number of fused-ring (bicyclic) bond motifs is 1. The van der Waals surface area contributed by atoms with Gasteiger partial charge in [-0.15, -0.1) is 11.3 Å². The number of rotatable bonds is 5. The van der Waals surface area contributed by atoms with Crippen molar-refractivity contribution in [3.05, 3.63) is 52.2 Å². The monoisotopic (exact) mass is 358 g/mol. The fraction of sp³-hybridized carbons (Fsp3) is 0.368. The molecule has 0 saturated carbocycles. The minimum absolute atomic E-state index is 0.0148. The number of hydrogen-bond acceptors (Lipinski definition) is 4. The summed E-state index contributed by atoms with van der Waals surface area (Å²) in [6.45, 7) is 4.42. The van der Waals surface area contributed by atoms with E-state index in [4.69, 9.17) is 4.74 Å². The third-order valence-corrected chi connectivity index (χ3v) is 5.12. The summed E-state index contributed by atoms with van der Waals surface area (Å²) in [5.41, 5.74) is 0.981. The fourth-order valence-corrected chi connectivity index (χ4v) is 3.54. The smallest absolute Gasteiger partial charge is 0.262 e. The predicted octanol–water partition coefficient (Wildman–Crippen LogP) is 3.14. The van der Waals surface area contributed by atoms with E-state index in [1.54, 1.807) is 6.07 Å². The van der Waals surface area contributed by atoms with Crippen LogP contribution in [0.5, 0.6) is 5.75 Å². The summed E-state index contributed by atoms with van der Waals surface area (Å²) >= 11 is 1.36. The van der Waals surface area contributed by atoms with Gasteiger partial charge in [-0.2, -0.15) is 0 Å². The maximum absolute atomic E-state index is 12.8. The van der Waals surface area contributed by atoms with Gasteiger partial charge in [-0.05, 0) is 23.4 Å². The largest absolute Gasteiger partial charge is 0.493 e. The van der Waals surface area contributed by atoms with E-state index in [9.17, 15) is 9.59 Å². The molecule has 2 aromatic rings. The van der Waals surface area contributed by atoms with Crippen molar-refractivity contribution in [3.8, 4) is 5.75 Å². The molecule has 132 valence electrons. The Morgan fingerprint density at radius 1 is 1.20 bits per heavy atom. The van der Waals surface area contributed by atoms with Crippen LogP contribution in [0.15, 0.2) is 41.8 Å². The summed E-state index contributed by atoms with van der Waals surface area (Å²) in [5, 5.41) is 7.78. The van der Waals surface area contributed by atoms with Crippen molar-refractivity contribution in [2.24, 2.45) is 5.92 Å². The Bertz CT molecular complexity index is 743. The topological polar surface area (TPSA) is 67.4 Å². The molecule has 2 amide bonds. The first-order valence-electron chi connectivity index (χ1n) is 8.42. The Labute approximate surface area is 151 Å². The molecular formula is C19H22N2O3S. The van der Waals surface area contributed by atoms with Gasteiger partial charge in [0, 0.05) is 12.0 Å². The molecule has 25 heavy (non-hydrogen) atoms. The predicted molar refractivity (Wildman–Crippen MR) is 97.8 cm³/mol. The van der Waals surface area contributed by atoms with Crippen LogP contribution in [-0.2, 0) is 4.79 Å². The van der Waals surface area contributed by atoms with Gasteiger partial charge in [-0.1, -0.05) is 38.1 Å². The molecule has 5 nitrogen and oxygen atoms in total. The van der Waals surface area contributed by atoms with Crippen LogP contribution in [0.3, 0.4) is 0 Å². The van der Waals surface area contributed by atoms with Gasteiger partial charge in [0.25, 0.3) is 5.91 Å². The van der Waals surface area contributed by atoms with Gasteiger partial charge in [0.15, 0.2) is 0 Å². The Kier molecular flexibility index (Phi) is 5.38. The Balaban J connectivity index is 1.71. The molecule has 0 radical (unpaired) electrons. The lowest BCUT2D eigenvalue weighted by Gasteiger charge is -2.29. The molecule has 1 aliphatic heterocycles. The van der Waals surface area contributed by atoms with E-state index in [2.05, 4.69) is 10.6 Å². The van der Waals surface area contributed by atoms with Crippen molar-refractivity contribution in [2.75, 3.05) is 6.61 Å². The van der Waals surface area contributed by atoms with Crippen LogP contribution in [0.2, 0.25) is 0 Å². The molecule has 2 N–H and O–H groups in total. The van der Waals surface area contributed by atoms with E-state index in [0.29, 0.717) is 17.9 Å². The SMILES string of the molecule is CC(C)[C@H](NC(=O)c1cccs1)C(=O)N[C@@H]1CCOc2ccccc21. The van der Waals surface area contributed by atoms with Crippen molar-refractivity contribution < 1.29 is 14.3 Å². The maximum atomic E-state index is 12.8. The first-order chi connectivity index (χ1) is 12.1. The van der Waals surface area contributed by atoms with E-state index >= 15 is 0 Å². The van der Waals surface area contributed by atoms with Gasteiger partial charge in [-0.3, -0.25) is 9.59 Å². The van der Waals surface area contributed by atoms with E-state index in [1.807, 2.05) is 49.6 Å². The summed E-state index contributed by atoms with van der Waals surface area (Å²) in [5.74, 6) is 0.416. The standard InChI is InChI=1S/C19H22N2O3S/c1-12(2)17(21-18(22)16-8-5-11-25-16)19(23)20-14-9-10-24-15-7-4-3-6-13(14)15/h3-8,11-12,14,17H,9-10H2,1-2H3,(H,20,23)(H,21,22)/t14-,17+/m1/s1. The number of hydrogen-bond donors (Lipinski definition) is 2. The van der Waals surface area contributed by atoms with Gasteiger partial charge in [0.1, 0.15) is 11.8 Å². The molecule has 1 aromatic carbocycles. The molecule has 0 bridgehead atoms. The maximum Gasteiger partial charge on any atom is 0.262 e. The minimum atomic E-state index is -0.579. The zero-order valence-electron chi connectivity index (χ0n) is 14.3. The van der Waals surface area contributed by atoms with Crippen molar-refractivity contribution in [1.82, 2.24) is 10.6 Å². The van der Waals surface area contributed by atoms with E-state index < -0.39 is 6.04 Å². The highest BCUT2D eigenvalue weighted by Gasteiger charge is 2.29. The van der Waals surface area contributed by atoms with Crippen molar-refractivity contribution in [3.63, 3.8) is 0 Å². The molecular weight excluding hydrogens is 336 g/mol. The normalized spacial score (nSPS) is 17.3. The average Bonchev–Trinajstić information content (AvgIpc) is 3.14. The number of amides is 2. The molecule has 0 fully saturated rings. The lowest BCUT2D eigenvalue weighted by atomic mass is 9.98. The van der Waals surface area contributed by atoms with Gasteiger partial charge in [0.05, 0.1) is 17.5 Å². The quantitative estimate of drug-likeness (QED) is 0.863. The number of ether oxygens (including phenoxy) is 1. The molecule has 1 aliphatic rings. The average molecular weight is 358 g/mol. The molecule has 3 rings (SSSR count). The van der Waals surface area contributed by atoms with Crippen LogP contribution in [0, 0.1) is 5.92 Å². The third kappa shape index (κ3) is 4.02. The molecule has 1 aromatic heterocycles. The van der Waals surface area contributed by atoms with Crippen molar-refractivity contribution in [2.45, 2.75) is 32.4 Å². The number of carbonyl (C=O) groups is 2. The Morgan fingerprint density at radius 3 is 2.72 bits per heavy atom. The number of carbonyl (C=O) groups excluding carboxylic acids is 2. The third-order valence-electron chi connectivity index (χ3n) is 4.26. The van der Waals surface area contributed by atoms with Crippen LogP contribution < -0.4 is 15.4 Å². The van der Waals surface area contributed by atoms with Crippen LogP contribution >= 0.6 is 11.3 Å². The molecule has 2 heterocycles. The van der Waals surface area contributed by atoms with Crippen LogP contribution in [0.25, 0.3) is 0 Å². The van der Waals surface area contributed by atoms with Gasteiger partial charge in [-0.25, -0.2) is 0 Å². The first kappa shape index (κ1) is 17.5. The lowest BCUT2D eigenvalue weighted by molar-refractivity contribution is -0.124. The molecule has 0 aliphatic carbocycles. The van der Waals surface area contributed by atoms with Gasteiger partial charge in [0.2, 0.25) is 5.91 Å². The highest BCUT2D eigenvalue weighted by atomic mass is 32.1. The fourth-order valence-electron chi connectivity index (χ4n) is 2.91. The van der Waals surface area contributed by atoms with Gasteiger partial charge >= 0.3 is 0 Å². The first-order valence-corrected chi connectivity index (χ1v) is 9.30. The van der Waals surface area contributed by atoms with Crippen molar-refractivity contribution >= 4 is 23.2 Å². The number of benzene rings is 1. The lowest BCUT2D eigenvalue weighted by Crippen LogP contribution is -2.50. The number of nitrogens with one attached hydrogen (secondary N) is 2. The second kappa shape index (κ2) is 7.70. The molecule has 0 saturated heterocycles. The Morgan fingerprint density at radius 2 is 2.00 bits per heavy atom. The highest BCUT2D eigenvalue weighted by Crippen LogP contribution is 2.31. The zero-order chi connectivity index (χ0) is 17.8. The molecule has 0 spiro atoms. The molecule has 2 atom stereocenters.